The summed E-state index contributed by atoms with van der Waals surface area (Å²) in [7, 11) is 1.79. The number of allylic oxidation sites excluding steroid dienone is 4. The lowest BCUT2D eigenvalue weighted by molar-refractivity contribution is -0.0945. The van der Waals surface area contributed by atoms with Gasteiger partial charge in [-0.2, -0.15) is 0 Å². The normalized spacial score (nSPS) is 46.8. The van der Waals surface area contributed by atoms with Crippen LogP contribution in [0.5, 0.6) is 0 Å². The highest BCUT2D eigenvalue weighted by molar-refractivity contribution is 5.33. The van der Waals surface area contributed by atoms with Crippen molar-refractivity contribution in [1.29, 1.82) is 0 Å². The zero-order valence-corrected chi connectivity index (χ0v) is 15.1. The van der Waals surface area contributed by atoms with Crippen molar-refractivity contribution in [2.45, 2.75) is 63.9 Å². The number of aliphatic hydroxyl groups is 1. The smallest absolute Gasteiger partial charge is 0.131 e. The molecule has 130 valence electrons. The largest absolute Gasteiger partial charge is 0.501 e. The van der Waals surface area contributed by atoms with Crippen LogP contribution >= 0.6 is 0 Å². The molecule has 6 atom stereocenters. The van der Waals surface area contributed by atoms with Gasteiger partial charge in [-0.15, -0.1) is 6.42 Å². The molecule has 4 aliphatic rings. The van der Waals surface area contributed by atoms with Crippen LogP contribution in [-0.2, 0) is 4.74 Å². The molecule has 0 aromatic heterocycles. The van der Waals surface area contributed by atoms with Crippen LogP contribution in [0.1, 0.15) is 58.3 Å². The number of rotatable bonds is 2. The maximum Gasteiger partial charge on any atom is 0.131 e. The van der Waals surface area contributed by atoms with Crippen LogP contribution < -0.4 is 0 Å². The van der Waals surface area contributed by atoms with E-state index in [4.69, 9.17) is 11.2 Å². The first kappa shape index (κ1) is 16.3. The lowest BCUT2D eigenvalue weighted by Gasteiger charge is -2.55. The van der Waals surface area contributed by atoms with Gasteiger partial charge in [0.25, 0.3) is 0 Å². The molecule has 4 rings (SSSR count). The summed E-state index contributed by atoms with van der Waals surface area (Å²) in [6, 6.07) is 0. The third kappa shape index (κ3) is 2.00. The van der Waals surface area contributed by atoms with Crippen molar-refractivity contribution in [2.24, 2.45) is 29.1 Å². The molecule has 0 amide bonds. The Hall–Kier alpha value is -1.20. The number of methoxy groups -OCH3 is 1. The Bertz CT molecular complexity index is 624. The molecule has 24 heavy (non-hydrogen) atoms. The van der Waals surface area contributed by atoms with Gasteiger partial charge in [-0.05, 0) is 80.3 Å². The zero-order chi connectivity index (χ0) is 16.9. The Morgan fingerprint density at radius 1 is 1.29 bits per heavy atom. The fourth-order valence-electron chi connectivity index (χ4n) is 6.87. The quantitative estimate of drug-likeness (QED) is 0.760. The fraction of sp³-hybridized carbons (Fsp3) is 0.727. The summed E-state index contributed by atoms with van der Waals surface area (Å²) in [6.07, 6.45) is 19.2. The van der Waals surface area contributed by atoms with Gasteiger partial charge in [-0.3, -0.25) is 0 Å². The highest BCUT2D eigenvalue weighted by Gasteiger charge is 2.63. The van der Waals surface area contributed by atoms with Crippen LogP contribution in [0.3, 0.4) is 0 Å². The van der Waals surface area contributed by atoms with Gasteiger partial charge in [-0.1, -0.05) is 18.9 Å². The Morgan fingerprint density at radius 3 is 2.83 bits per heavy atom. The zero-order valence-electron chi connectivity index (χ0n) is 15.1. The van der Waals surface area contributed by atoms with Gasteiger partial charge in [0.15, 0.2) is 0 Å². The van der Waals surface area contributed by atoms with Crippen molar-refractivity contribution < 1.29 is 9.84 Å². The van der Waals surface area contributed by atoms with E-state index in [-0.39, 0.29) is 5.41 Å². The second-order valence-electron chi connectivity index (χ2n) is 8.43. The van der Waals surface area contributed by atoms with Crippen LogP contribution in [0.2, 0.25) is 0 Å². The molecule has 2 fully saturated rings. The second-order valence-corrected chi connectivity index (χ2v) is 8.43. The van der Waals surface area contributed by atoms with E-state index in [1.54, 1.807) is 7.11 Å². The molecule has 0 spiro atoms. The summed E-state index contributed by atoms with van der Waals surface area (Å²) in [4.78, 5) is 0. The molecule has 0 heterocycles. The van der Waals surface area contributed by atoms with Crippen LogP contribution in [0, 0.1) is 41.4 Å². The standard InChI is InChI=1S/C22H30O2/c1-4-21-12-10-18-17-9-7-16(24-3)14-15(17)6-8-19(18)20(21)11-13-22(21,23)5-2/h2,6,14,17-20,23H,4,7-13H2,1,3H3/t17?,18?,19?,20?,21-,22-/m0/s1. The fourth-order valence-corrected chi connectivity index (χ4v) is 6.87. The molecule has 4 aliphatic carbocycles. The van der Waals surface area contributed by atoms with Gasteiger partial charge < -0.3 is 9.84 Å². The molecule has 4 unspecified atom stereocenters. The predicted octanol–water partition coefficient (Wildman–Crippen LogP) is 4.45. The van der Waals surface area contributed by atoms with Crippen molar-refractivity contribution in [3.63, 3.8) is 0 Å². The number of fused-ring (bicyclic) bond motifs is 5. The first-order valence-corrected chi connectivity index (χ1v) is 9.73. The van der Waals surface area contributed by atoms with Gasteiger partial charge in [0.05, 0.1) is 12.9 Å². The van der Waals surface area contributed by atoms with E-state index in [1.165, 1.54) is 18.4 Å². The van der Waals surface area contributed by atoms with Gasteiger partial charge in [0, 0.05) is 11.8 Å². The van der Waals surface area contributed by atoms with Crippen molar-refractivity contribution in [2.75, 3.05) is 7.11 Å². The van der Waals surface area contributed by atoms with E-state index in [0.29, 0.717) is 17.8 Å². The molecule has 1 N–H and O–H groups in total. The van der Waals surface area contributed by atoms with Gasteiger partial charge >= 0.3 is 0 Å². The molecule has 0 aromatic rings. The minimum Gasteiger partial charge on any atom is -0.501 e. The van der Waals surface area contributed by atoms with Crippen LogP contribution in [0.15, 0.2) is 23.5 Å². The molecule has 2 nitrogen and oxygen atoms in total. The summed E-state index contributed by atoms with van der Waals surface area (Å²) in [5, 5.41) is 11.2. The monoisotopic (exact) mass is 326 g/mol. The van der Waals surface area contributed by atoms with E-state index in [1.807, 2.05) is 0 Å². The minimum atomic E-state index is -0.878. The molecule has 2 heteroatoms. The third-order valence-corrected chi connectivity index (χ3v) is 8.07. The van der Waals surface area contributed by atoms with Crippen LogP contribution in [0.25, 0.3) is 0 Å². The lowest BCUT2D eigenvalue weighted by atomic mass is 9.50. The van der Waals surface area contributed by atoms with E-state index >= 15 is 0 Å². The molecular weight excluding hydrogens is 296 g/mol. The van der Waals surface area contributed by atoms with Crippen molar-refractivity contribution in [3.8, 4) is 12.3 Å². The van der Waals surface area contributed by atoms with Crippen LogP contribution in [0.4, 0.5) is 0 Å². The summed E-state index contributed by atoms with van der Waals surface area (Å²) in [5.41, 5.74) is 0.585. The minimum absolute atomic E-state index is 0.0452. The Labute approximate surface area is 146 Å². The predicted molar refractivity (Wildman–Crippen MR) is 96.0 cm³/mol. The maximum atomic E-state index is 11.2. The van der Waals surface area contributed by atoms with E-state index in [0.717, 1.165) is 50.2 Å². The average Bonchev–Trinajstić information content (AvgIpc) is 2.94. The van der Waals surface area contributed by atoms with E-state index in [9.17, 15) is 5.11 Å². The first-order chi connectivity index (χ1) is 11.6. The first-order valence-electron chi connectivity index (χ1n) is 9.73. The van der Waals surface area contributed by atoms with Crippen molar-refractivity contribution in [3.05, 3.63) is 23.5 Å². The molecule has 0 bridgehead atoms. The SMILES string of the molecule is C#C[C@]1(O)CCC2C3CC=C4C=C(OC)CCC4C3CC[C@@]21CC. The van der Waals surface area contributed by atoms with Crippen molar-refractivity contribution in [1.82, 2.24) is 0 Å². The molecule has 2 saturated carbocycles. The van der Waals surface area contributed by atoms with Crippen LogP contribution in [-0.4, -0.2) is 17.8 Å². The maximum absolute atomic E-state index is 11.2. The molecule has 0 saturated heterocycles. The highest BCUT2D eigenvalue weighted by Crippen LogP contribution is 2.65. The molecule has 0 radical (unpaired) electrons. The van der Waals surface area contributed by atoms with E-state index < -0.39 is 5.60 Å². The Kier molecular flexibility index (Phi) is 3.84. The highest BCUT2D eigenvalue weighted by atomic mass is 16.5. The number of hydrogen-bond acceptors (Lipinski definition) is 2. The molecule has 0 aromatic carbocycles. The summed E-state index contributed by atoms with van der Waals surface area (Å²) in [5.74, 6) is 6.70. The third-order valence-electron chi connectivity index (χ3n) is 8.07. The average molecular weight is 326 g/mol. The van der Waals surface area contributed by atoms with Gasteiger partial charge in [0.2, 0.25) is 0 Å². The van der Waals surface area contributed by atoms with E-state index in [2.05, 4.69) is 25.0 Å². The number of terminal acetylenes is 1. The summed E-state index contributed by atoms with van der Waals surface area (Å²) < 4.78 is 5.49. The number of hydrogen-bond donors (Lipinski definition) is 1. The van der Waals surface area contributed by atoms with Gasteiger partial charge in [-0.25, -0.2) is 0 Å². The molecule has 0 aliphatic heterocycles. The topological polar surface area (TPSA) is 29.5 Å². The molecular formula is C22H30O2. The second kappa shape index (κ2) is 5.67. The summed E-state index contributed by atoms with van der Waals surface area (Å²) in [6.45, 7) is 2.24. The van der Waals surface area contributed by atoms with Gasteiger partial charge in [0.1, 0.15) is 5.60 Å². The Morgan fingerprint density at radius 2 is 2.12 bits per heavy atom. The Balaban J connectivity index is 1.67. The number of ether oxygens (including phenoxy) is 1. The summed E-state index contributed by atoms with van der Waals surface area (Å²) >= 11 is 0. The lowest BCUT2D eigenvalue weighted by Crippen LogP contribution is -2.53. The van der Waals surface area contributed by atoms with Crippen molar-refractivity contribution >= 4 is 0 Å².